The van der Waals surface area contributed by atoms with Gasteiger partial charge in [-0.05, 0) is 25.5 Å². The smallest absolute Gasteiger partial charge is 0.251 e. The molecule has 112 valence electrons. The van der Waals surface area contributed by atoms with E-state index in [1.165, 1.54) is 17.8 Å². The van der Waals surface area contributed by atoms with Gasteiger partial charge in [0.2, 0.25) is 0 Å². The summed E-state index contributed by atoms with van der Waals surface area (Å²) in [6.07, 6.45) is 0.848. The van der Waals surface area contributed by atoms with Crippen LogP contribution in [0.4, 0.5) is 0 Å². The Balaban J connectivity index is 1.76. The molecule has 0 fully saturated rings. The molecule has 5 nitrogen and oxygen atoms in total. The van der Waals surface area contributed by atoms with Crippen molar-refractivity contribution in [3.8, 4) is 11.5 Å². The fourth-order valence-corrected chi connectivity index (χ4v) is 2.60. The molecule has 0 spiro atoms. The molecule has 0 aliphatic rings. The third-order valence-electron chi connectivity index (χ3n) is 2.70. The highest BCUT2D eigenvalue weighted by molar-refractivity contribution is 7.99. The topological polar surface area (TPSA) is 64.2 Å². The summed E-state index contributed by atoms with van der Waals surface area (Å²) in [6, 6.07) is 9.04. The molecule has 2 aromatic rings. The number of nitrogens with one attached hydrogen (secondary N) is 1. The highest BCUT2D eigenvalue weighted by atomic mass is 32.2. The maximum absolute atomic E-state index is 11.3. The number of aromatic nitrogens is 2. The van der Waals surface area contributed by atoms with Crippen LogP contribution in [0.5, 0.6) is 11.5 Å². The van der Waals surface area contributed by atoms with Crippen molar-refractivity contribution >= 4 is 11.8 Å². The van der Waals surface area contributed by atoms with Crippen LogP contribution in [0.3, 0.4) is 0 Å². The highest BCUT2D eigenvalue weighted by Crippen LogP contribution is 2.26. The molecule has 0 amide bonds. The van der Waals surface area contributed by atoms with Crippen molar-refractivity contribution in [3.63, 3.8) is 0 Å². The van der Waals surface area contributed by atoms with Crippen molar-refractivity contribution < 1.29 is 9.47 Å². The van der Waals surface area contributed by atoms with Crippen LogP contribution in [-0.2, 0) is 0 Å². The number of rotatable bonds is 7. The Hall–Kier alpha value is -1.95. The maximum atomic E-state index is 11.3. The SMILES string of the molecule is COc1ccccc1OCCCSc1nc(C)cc(=O)[nH]1. The van der Waals surface area contributed by atoms with Crippen molar-refractivity contribution in [2.45, 2.75) is 18.5 Å². The van der Waals surface area contributed by atoms with Crippen LogP contribution in [0.15, 0.2) is 40.3 Å². The molecular weight excluding hydrogens is 288 g/mol. The minimum atomic E-state index is -0.115. The van der Waals surface area contributed by atoms with E-state index in [0.717, 1.165) is 29.4 Å². The molecule has 1 aromatic heterocycles. The fraction of sp³-hybridized carbons (Fsp3) is 0.333. The molecule has 0 radical (unpaired) electrons. The summed E-state index contributed by atoms with van der Waals surface area (Å²) in [5.74, 6) is 2.29. The lowest BCUT2D eigenvalue weighted by Crippen LogP contribution is -2.08. The van der Waals surface area contributed by atoms with E-state index in [9.17, 15) is 4.79 Å². The molecule has 6 heteroatoms. The zero-order chi connectivity index (χ0) is 15.1. The third kappa shape index (κ3) is 4.82. The quantitative estimate of drug-likeness (QED) is 0.484. The minimum Gasteiger partial charge on any atom is -0.493 e. The second-order valence-electron chi connectivity index (χ2n) is 4.39. The molecule has 2 rings (SSSR count). The van der Waals surface area contributed by atoms with Crippen LogP contribution < -0.4 is 15.0 Å². The molecule has 21 heavy (non-hydrogen) atoms. The van der Waals surface area contributed by atoms with Crippen molar-refractivity contribution in [2.75, 3.05) is 19.5 Å². The Kier molecular flexibility index (Phi) is 5.68. The van der Waals surface area contributed by atoms with E-state index < -0.39 is 0 Å². The number of hydrogen-bond acceptors (Lipinski definition) is 5. The second-order valence-corrected chi connectivity index (χ2v) is 5.48. The van der Waals surface area contributed by atoms with Gasteiger partial charge in [-0.15, -0.1) is 0 Å². The number of thioether (sulfide) groups is 1. The lowest BCUT2D eigenvalue weighted by atomic mass is 10.3. The molecule has 1 aromatic carbocycles. The third-order valence-corrected chi connectivity index (χ3v) is 3.66. The number of aryl methyl sites for hydroxylation is 1. The first-order valence-corrected chi connectivity index (χ1v) is 7.64. The van der Waals surface area contributed by atoms with E-state index in [0.29, 0.717) is 11.8 Å². The van der Waals surface area contributed by atoms with E-state index in [1.807, 2.05) is 31.2 Å². The molecule has 1 heterocycles. The summed E-state index contributed by atoms with van der Waals surface area (Å²) in [7, 11) is 1.62. The van der Waals surface area contributed by atoms with Crippen LogP contribution in [0.2, 0.25) is 0 Å². The average Bonchev–Trinajstić information content (AvgIpc) is 2.46. The summed E-state index contributed by atoms with van der Waals surface area (Å²) < 4.78 is 10.9. The van der Waals surface area contributed by atoms with Crippen LogP contribution in [-0.4, -0.2) is 29.4 Å². The number of nitrogens with zero attached hydrogens (tertiary/aromatic N) is 1. The van der Waals surface area contributed by atoms with Gasteiger partial charge in [0.15, 0.2) is 16.7 Å². The van der Waals surface area contributed by atoms with Crippen LogP contribution in [0.1, 0.15) is 12.1 Å². The highest BCUT2D eigenvalue weighted by Gasteiger charge is 2.03. The van der Waals surface area contributed by atoms with Crippen LogP contribution in [0, 0.1) is 6.92 Å². The molecule has 0 saturated heterocycles. The van der Waals surface area contributed by atoms with Crippen LogP contribution >= 0.6 is 11.8 Å². The number of methoxy groups -OCH3 is 1. The molecule has 0 saturated carbocycles. The minimum absolute atomic E-state index is 0.115. The molecule has 0 aliphatic carbocycles. The zero-order valence-electron chi connectivity index (χ0n) is 12.1. The number of hydrogen-bond donors (Lipinski definition) is 1. The summed E-state index contributed by atoms with van der Waals surface area (Å²) >= 11 is 1.52. The maximum Gasteiger partial charge on any atom is 0.251 e. The Labute approximate surface area is 127 Å². The van der Waals surface area contributed by atoms with Gasteiger partial charge in [-0.1, -0.05) is 23.9 Å². The van der Waals surface area contributed by atoms with Gasteiger partial charge in [-0.2, -0.15) is 0 Å². The van der Waals surface area contributed by atoms with E-state index in [1.54, 1.807) is 7.11 Å². The lowest BCUT2D eigenvalue weighted by Gasteiger charge is -2.09. The fourth-order valence-electron chi connectivity index (χ4n) is 1.77. The molecule has 0 bridgehead atoms. The van der Waals surface area contributed by atoms with Crippen molar-refractivity contribution in [1.82, 2.24) is 9.97 Å². The summed E-state index contributed by atoms with van der Waals surface area (Å²) in [5, 5.41) is 0.650. The van der Waals surface area contributed by atoms with E-state index in [4.69, 9.17) is 9.47 Å². The van der Waals surface area contributed by atoms with Gasteiger partial charge in [0.25, 0.3) is 5.56 Å². The van der Waals surface area contributed by atoms with E-state index in [-0.39, 0.29) is 5.56 Å². The van der Waals surface area contributed by atoms with Gasteiger partial charge in [0, 0.05) is 17.5 Å². The summed E-state index contributed by atoms with van der Waals surface area (Å²) in [5.41, 5.74) is 0.613. The van der Waals surface area contributed by atoms with Crippen LogP contribution in [0.25, 0.3) is 0 Å². The average molecular weight is 306 g/mol. The Morgan fingerprint density at radius 2 is 2.05 bits per heavy atom. The zero-order valence-corrected chi connectivity index (χ0v) is 12.9. The molecule has 0 unspecified atom stereocenters. The lowest BCUT2D eigenvalue weighted by molar-refractivity contribution is 0.295. The second kappa shape index (κ2) is 7.73. The van der Waals surface area contributed by atoms with E-state index in [2.05, 4.69) is 9.97 Å². The normalized spacial score (nSPS) is 10.4. The summed E-state index contributed by atoms with van der Waals surface area (Å²) in [6.45, 7) is 2.40. The van der Waals surface area contributed by atoms with Crippen molar-refractivity contribution in [2.24, 2.45) is 0 Å². The first kappa shape index (κ1) is 15.4. The standard InChI is InChI=1S/C15H18N2O3S/c1-11-10-14(18)17-15(16-11)21-9-5-8-20-13-7-4-3-6-12(13)19-2/h3-4,6-7,10H,5,8-9H2,1-2H3,(H,16,17,18). The summed E-state index contributed by atoms with van der Waals surface area (Å²) in [4.78, 5) is 18.3. The predicted octanol–water partition coefficient (Wildman–Crippen LogP) is 2.65. The molecule has 0 aliphatic heterocycles. The molecule has 1 N–H and O–H groups in total. The molecular formula is C15H18N2O3S. The first-order valence-electron chi connectivity index (χ1n) is 6.65. The largest absolute Gasteiger partial charge is 0.493 e. The Morgan fingerprint density at radius 3 is 2.76 bits per heavy atom. The number of H-pyrrole nitrogens is 1. The van der Waals surface area contributed by atoms with Gasteiger partial charge in [0.05, 0.1) is 13.7 Å². The number of aromatic amines is 1. The Bertz CT molecular complexity index is 643. The number of benzene rings is 1. The van der Waals surface area contributed by atoms with Crippen molar-refractivity contribution in [3.05, 3.63) is 46.4 Å². The first-order chi connectivity index (χ1) is 10.2. The van der Waals surface area contributed by atoms with Gasteiger partial charge in [0.1, 0.15) is 0 Å². The van der Waals surface area contributed by atoms with Gasteiger partial charge >= 0.3 is 0 Å². The predicted molar refractivity (Wildman–Crippen MR) is 83.4 cm³/mol. The van der Waals surface area contributed by atoms with Gasteiger partial charge in [-0.25, -0.2) is 4.98 Å². The number of para-hydroxylation sites is 2. The Morgan fingerprint density at radius 1 is 1.29 bits per heavy atom. The van der Waals surface area contributed by atoms with Gasteiger partial charge < -0.3 is 14.5 Å². The van der Waals surface area contributed by atoms with Gasteiger partial charge in [-0.3, -0.25) is 4.79 Å². The monoisotopic (exact) mass is 306 g/mol. The van der Waals surface area contributed by atoms with E-state index >= 15 is 0 Å². The number of ether oxygens (including phenoxy) is 2. The molecule has 0 atom stereocenters. The van der Waals surface area contributed by atoms with Crippen molar-refractivity contribution in [1.29, 1.82) is 0 Å².